The zero-order valence-electron chi connectivity index (χ0n) is 19.4. The van der Waals surface area contributed by atoms with Crippen molar-refractivity contribution in [1.29, 1.82) is 0 Å². The molecule has 5 rings (SSSR count). The zero-order valence-corrected chi connectivity index (χ0v) is 20.9. The van der Waals surface area contributed by atoms with E-state index < -0.39 is 5.63 Å². The Morgan fingerprint density at radius 1 is 0.914 bits per heavy atom. The molecular weight excluding hydrogens is 483 g/mol. The van der Waals surface area contributed by atoms with Gasteiger partial charge in [0.1, 0.15) is 18.8 Å². The highest BCUT2D eigenvalue weighted by atomic mass is 35.5. The molecule has 0 unspecified atom stereocenters. The van der Waals surface area contributed by atoms with Gasteiger partial charge in [-0.05, 0) is 23.3 Å². The molecule has 3 aromatic carbocycles. The van der Waals surface area contributed by atoms with Gasteiger partial charge in [-0.15, -0.1) is 0 Å². The minimum atomic E-state index is -0.397. The third-order valence-electron chi connectivity index (χ3n) is 6.77. The SMILES string of the molecule is O=c1cc(-c2ccccc2)c2ccc(O)c(C[NH2+]C3CC[NH+](Cc4ccccc4)CC3)c2o1.[Cl-].[Cl-]. The average Bonchev–Trinajstić information content (AvgIpc) is 2.85. The van der Waals surface area contributed by atoms with Crippen molar-refractivity contribution in [2.24, 2.45) is 0 Å². The molecule has 0 amide bonds. The number of hydrogen-bond acceptors (Lipinski definition) is 3. The number of rotatable bonds is 6. The van der Waals surface area contributed by atoms with E-state index in [0.717, 1.165) is 49.0 Å². The van der Waals surface area contributed by atoms with Crippen molar-refractivity contribution >= 4 is 11.0 Å². The summed E-state index contributed by atoms with van der Waals surface area (Å²) in [5.74, 6) is 0.180. The van der Waals surface area contributed by atoms with Crippen LogP contribution >= 0.6 is 0 Å². The number of fused-ring (bicyclic) bond motifs is 1. The van der Waals surface area contributed by atoms with Crippen molar-refractivity contribution in [3.63, 3.8) is 0 Å². The fraction of sp³-hybridized carbons (Fsp3) is 0.250. The fourth-order valence-corrected chi connectivity index (χ4v) is 4.96. The maximum atomic E-state index is 12.4. The van der Waals surface area contributed by atoms with E-state index >= 15 is 0 Å². The first-order valence-electron chi connectivity index (χ1n) is 11.7. The molecule has 1 aromatic heterocycles. The van der Waals surface area contributed by atoms with Gasteiger partial charge in [0, 0.05) is 29.9 Å². The molecule has 5 nitrogen and oxygen atoms in total. The van der Waals surface area contributed by atoms with E-state index in [4.69, 9.17) is 4.42 Å². The molecule has 1 saturated heterocycles. The highest BCUT2D eigenvalue weighted by Crippen LogP contribution is 2.32. The smallest absolute Gasteiger partial charge is 0.336 e. The summed E-state index contributed by atoms with van der Waals surface area (Å²) >= 11 is 0. The number of benzene rings is 3. The predicted octanol–water partition coefficient (Wildman–Crippen LogP) is -3.52. The Hall–Kier alpha value is -2.83. The molecule has 0 spiro atoms. The second-order valence-electron chi connectivity index (χ2n) is 8.97. The number of nitrogens with one attached hydrogen (secondary N) is 1. The summed E-state index contributed by atoms with van der Waals surface area (Å²) in [6.45, 7) is 3.95. The van der Waals surface area contributed by atoms with Gasteiger partial charge in [0.25, 0.3) is 0 Å². The Bertz CT molecular complexity index is 1290. The molecule has 2 heterocycles. The first kappa shape index (κ1) is 26.8. The number of nitrogens with two attached hydrogens (primary N) is 1. The summed E-state index contributed by atoms with van der Waals surface area (Å²) in [7, 11) is 0. The molecule has 1 aliphatic heterocycles. The number of piperidine rings is 1. The average molecular weight is 513 g/mol. The molecule has 184 valence electrons. The second kappa shape index (κ2) is 12.2. The van der Waals surface area contributed by atoms with E-state index in [1.54, 1.807) is 11.0 Å². The van der Waals surface area contributed by atoms with Crippen LogP contribution in [0.1, 0.15) is 24.0 Å². The third kappa shape index (κ3) is 6.24. The molecule has 0 bridgehead atoms. The van der Waals surface area contributed by atoms with Gasteiger partial charge in [-0.1, -0.05) is 60.7 Å². The van der Waals surface area contributed by atoms with E-state index in [1.807, 2.05) is 36.4 Å². The minimum Gasteiger partial charge on any atom is -1.00 e. The monoisotopic (exact) mass is 512 g/mol. The Morgan fingerprint density at radius 3 is 2.26 bits per heavy atom. The van der Waals surface area contributed by atoms with Crippen LogP contribution in [-0.4, -0.2) is 24.2 Å². The molecule has 4 N–H and O–H groups in total. The molecule has 0 aliphatic carbocycles. The Kier molecular flexibility index (Phi) is 9.35. The predicted molar refractivity (Wildman–Crippen MR) is 129 cm³/mol. The van der Waals surface area contributed by atoms with Crippen LogP contribution in [-0.2, 0) is 13.1 Å². The van der Waals surface area contributed by atoms with Crippen molar-refractivity contribution in [1.82, 2.24) is 0 Å². The Labute approximate surface area is 217 Å². The lowest BCUT2D eigenvalue weighted by molar-refractivity contribution is -0.926. The molecule has 0 radical (unpaired) electrons. The summed E-state index contributed by atoms with van der Waals surface area (Å²) in [6, 6.07) is 26.1. The molecule has 0 saturated carbocycles. The zero-order chi connectivity index (χ0) is 22.6. The lowest BCUT2D eigenvalue weighted by atomic mass is 9.99. The highest BCUT2D eigenvalue weighted by Gasteiger charge is 2.25. The van der Waals surface area contributed by atoms with Gasteiger partial charge in [0.05, 0.1) is 24.7 Å². The van der Waals surface area contributed by atoms with Crippen molar-refractivity contribution in [3.8, 4) is 16.9 Å². The molecular formula is C28H30Cl2N2O3. The van der Waals surface area contributed by atoms with Crippen LogP contribution < -0.4 is 40.7 Å². The van der Waals surface area contributed by atoms with E-state index in [9.17, 15) is 9.90 Å². The Morgan fingerprint density at radius 2 is 1.57 bits per heavy atom. The van der Waals surface area contributed by atoms with Gasteiger partial charge in [0.15, 0.2) is 5.58 Å². The second-order valence-corrected chi connectivity index (χ2v) is 8.97. The number of hydrogen-bond donors (Lipinski definition) is 3. The number of quaternary nitrogens is 2. The first-order valence-corrected chi connectivity index (χ1v) is 11.7. The van der Waals surface area contributed by atoms with Crippen molar-refractivity contribution in [2.45, 2.75) is 32.0 Å². The number of phenols is 1. The van der Waals surface area contributed by atoms with Gasteiger partial charge in [-0.2, -0.15) is 0 Å². The van der Waals surface area contributed by atoms with Crippen LogP contribution in [0, 0.1) is 0 Å². The normalized spacial score (nSPS) is 17.4. The molecule has 1 fully saturated rings. The van der Waals surface area contributed by atoms with E-state index in [2.05, 4.69) is 35.6 Å². The molecule has 7 heteroatoms. The molecule has 1 aliphatic rings. The Balaban J connectivity index is 0.00000171. The fourth-order valence-electron chi connectivity index (χ4n) is 4.96. The number of likely N-dealkylation sites (tertiary alicyclic amines) is 1. The topological polar surface area (TPSA) is 71.5 Å². The maximum Gasteiger partial charge on any atom is 0.336 e. The standard InChI is InChI=1S/C28H28N2O3.2ClH/c31-26-12-11-23-24(21-9-5-2-6-10-21)17-27(32)33-28(23)25(26)18-29-22-13-15-30(16-14-22)19-20-7-3-1-4-8-20;;/h1-12,17,22,29,31H,13-16,18-19H2;2*1H. The number of phenolic OH excluding ortho intramolecular Hbond substituents is 1. The summed E-state index contributed by atoms with van der Waals surface area (Å²) in [6.07, 6.45) is 2.26. The summed E-state index contributed by atoms with van der Waals surface area (Å²) in [4.78, 5) is 14.0. The van der Waals surface area contributed by atoms with Crippen LogP contribution in [0.25, 0.3) is 22.1 Å². The van der Waals surface area contributed by atoms with E-state index in [1.165, 1.54) is 11.6 Å². The highest BCUT2D eigenvalue weighted by molar-refractivity contribution is 5.95. The lowest BCUT2D eigenvalue weighted by Crippen LogP contribution is -3.13. The summed E-state index contributed by atoms with van der Waals surface area (Å²) in [5.41, 5.74) is 3.97. The minimum absolute atomic E-state index is 0. The van der Waals surface area contributed by atoms with Crippen LogP contribution in [0.5, 0.6) is 5.75 Å². The van der Waals surface area contributed by atoms with Crippen LogP contribution in [0.3, 0.4) is 0 Å². The van der Waals surface area contributed by atoms with Crippen LogP contribution in [0.2, 0.25) is 0 Å². The van der Waals surface area contributed by atoms with E-state index in [-0.39, 0.29) is 30.6 Å². The van der Waals surface area contributed by atoms with Gasteiger partial charge in [-0.3, -0.25) is 0 Å². The first-order chi connectivity index (χ1) is 16.2. The van der Waals surface area contributed by atoms with Crippen LogP contribution in [0.15, 0.2) is 88.1 Å². The van der Waals surface area contributed by atoms with Crippen LogP contribution in [0.4, 0.5) is 0 Å². The molecule has 35 heavy (non-hydrogen) atoms. The maximum absolute atomic E-state index is 12.4. The molecule has 0 atom stereocenters. The van der Waals surface area contributed by atoms with Crippen molar-refractivity contribution in [2.75, 3.05) is 13.1 Å². The number of halogens is 2. The van der Waals surface area contributed by atoms with Gasteiger partial charge in [0.2, 0.25) is 0 Å². The largest absolute Gasteiger partial charge is 1.00 e. The van der Waals surface area contributed by atoms with Crippen molar-refractivity contribution in [3.05, 3.63) is 100 Å². The van der Waals surface area contributed by atoms with Gasteiger partial charge < -0.3 is 44.6 Å². The summed E-state index contributed by atoms with van der Waals surface area (Å²) < 4.78 is 5.62. The van der Waals surface area contributed by atoms with E-state index in [0.29, 0.717) is 23.7 Å². The number of aromatic hydroxyl groups is 1. The summed E-state index contributed by atoms with van der Waals surface area (Å²) in [5, 5.41) is 13.8. The van der Waals surface area contributed by atoms with Gasteiger partial charge in [-0.25, -0.2) is 4.79 Å². The van der Waals surface area contributed by atoms with Crippen molar-refractivity contribution < 1.29 is 44.6 Å². The quantitative estimate of drug-likeness (QED) is 0.234. The molecule has 4 aromatic rings. The van der Waals surface area contributed by atoms with Gasteiger partial charge >= 0.3 is 5.63 Å². The third-order valence-corrected chi connectivity index (χ3v) is 6.77. The lowest BCUT2D eigenvalue weighted by Gasteiger charge is -2.28.